The van der Waals surface area contributed by atoms with Crippen LogP contribution in [0.1, 0.15) is 52.4 Å². The van der Waals surface area contributed by atoms with Gasteiger partial charge in [-0.3, -0.25) is 4.79 Å². The largest absolute Gasteiger partial charge is 0.369 e. The van der Waals surface area contributed by atoms with Gasteiger partial charge in [-0.25, -0.2) is 0 Å². The average molecular weight is 217 g/mol. The molecule has 0 aliphatic heterocycles. The fourth-order valence-corrected chi connectivity index (χ4v) is 2.11. The van der Waals surface area contributed by atoms with Gasteiger partial charge in [0.05, 0.1) is 5.25 Å². The summed E-state index contributed by atoms with van der Waals surface area (Å²) in [5, 5.41) is -0.0226. The minimum absolute atomic E-state index is 0.0226. The third-order valence-electron chi connectivity index (χ3n) is 2.27. The average Bonchev–Trinajstić information content (AvgIpc) is 2.16. The molecule has 0 spiro atoms. The molecule has 0 aromatic heterocycles. The van der Waals surface area contributed by atoms with Crippen LogP contribution in [-0.4, -0.2) is 16.9 Å². The van der Waals surface area contributed by atoms with Crippen molar-refractivity contribution in [3.63, 3.8) is 0 Å². The first-order valence-corrected chi connectivity index (χ1v) is 6.64. The van der Waals surface area contributed by atoms with Gasteiger partial charge in [-0.05, 0) is 19.1 Å². The Morgan fingerprint density at radius 1 is 1.21 bits per heavy atom. The normalized spacial score (nSPS) is 12.7. The third-order valence-corrected chi connectivity index (χ3v) is 3.52. The number of hydrogen-bond acceptors (Lipinski definition) is 2. The number of carbonyl (C=O) groups excluding carboxylic acids is 1. The monoisotopic (exact) mass is 217 g/mol. The summed E-state index contributed by atoms with van der Waals surface area (Å²) in [7, 11) is 0. The Balaban J connectivity index is 3.09. The van der Waals surface area contributed by atoms with Crippen LogP contribution < -0.4 is 5.73 Å². The molecule has 2 N–H and O–H groups in total. The van der Waals surface area contributed by atoms with E-state index in [0.29, 0.717) is 0 Å². The van der Waals surface area contributed by atoms with E-state index in [2.05, 4.69) is 6.92 Å². The summed E-state index contributed by atoms with van der Waals surface area (Å²) in [6.07, 6.45) is 7.84. The first-order chi connectivity index (χ1) is 6.68. The molecule has 0 aromatic carbocycles. The molecule has 0 unspecified atom stereocenters. The van der Waals surface area contributed by atoms with Crippen molar-refractivity contribution < 1.29 is 4.79 Å². The molecule has 0 aliphatic carbocycles. The van der Waals surface area contributed by atoms with Crippen LogP contribution in [0.4, 0.5) is 0 Å². The first-order valence-electron chi connectivity index (χ1n) is 5.59. The summed E-state index contributed by atoms with van der Waals surface area (Å²) in [4.78, 5) is 10.7. The molecule has 1 atom stereocenters. The van der Waals surface area contributed by atoms with Crippen molar-refractivity contribution in [2.24, 2.45) is 5.73 Å². The van der Waals surface area contributed by atoms with Gasteiger partial charge < -0.3 is 5.73 Å². The number of primary amides is 1. The van der Waals surface area contributed by atoms with Gasteiger partial charge in [0.25, 0.3) is 0 Å². The van der Waals surface area contributed by atoms with Crippen LogP contribution in [0.15, 0.2) is 0 Å². The van der Waals surface area contributed by atoms with E-state index in [0.717, 1.165) is 5.75 Å². The molecule has 1 amide bonds. The summed E-state index contributed by atoms with van der Waals surface area (Å²) in [5.41, 5.74) is 5.16. The maximum absolute atomic E-state index is 10.7. The van der Waals surface area contributed by atoms with Crippen molar-refractivity contribution in [2.75, 3.05) is 5.75 Å². The van der Waals surface area contributed by atoms with Crippen LogP contribution >= 0.6 is 11.8 Å². The summed E-state index contributed by atoms with van der Waals surface area (Å²) < 4.78 is 0. The molecule has 0 aromatic rings. The molecule has 0 rings (SSSR count). The number of rotatable bonds is 9. The fraction of sp³-hybridized carbons (Fsp3) is 0.909. The highest BCUT2D eigenvalue weighted by Crippen LogP contribution is 2.14. The zero-order valence-corrected chi connectivity index (χ0v) is 10.2. The lowest BCUT2D eigenvalue weighted by molar-refractivity contribution is -0.117. The van der Waals surface area contributed by atoms with Gasteiger partial charge in [-0.1, -0.05) is 39.0 Å². The minimum Gasteiger partial charge on any atom is -0.369 e. The number of thioether (sulfide) groups is 1. The minimum atomic E-state index is -0.194. The van der Waals surface area contributed by atoms with Crippen molar-refractivity contribution in [2.45, 2.75) is 57.6 Å². The third kappa shape index (κ3) is 8.42. The zero-order valence-electron chi connectivity index (χ0n) is 9.42. The Bertz CT molecular complexity index is 150. The molecule has 0 aliphatic rings. The Labute approximate surface area is 92.0 Å². The second-order valence-corrected chi connectivity index (χ2v) is 5.13. The van der Waals surface area contributed by atoms with Crippen molar-refractivity contribution in [1.82, 2.24) is 0 Å². The van der Waals surface area contributed by atoms with Gasteiger partial charge in [0, 0.05) is 0 Å². The van der Waals surface area contributed by atoms with E-state index < -0.39 is 0 Å². The maximum Gasteiger partial charge on any atom is 0.230 e. The van der Waals surface area contributed by atoms with Crippen LogP contribution in [0.5, 0.6) is 0 Å². The summed E-state index contributed by atoms with van der Waals surface area (Å²) in [5.74, 6) is 0.872. The Morgan fingerprint density at radius 3 is 2.36 bits per heavy atom. The van der Waals surface area contributed by atoms with Gasteiger partial charge in [0.1, 0.15) is 0 Å². The van der Waals surface area contributed by atoms with Crippen LogP contribution in [0.3, 0.4) is 0 Å². The van der Waals surface area contributed by atoms with E-state index in [1.54, 1.807) is 11.8 Å². The molecular formula is C11H23NOS. The van der Waals surface area contributed by atoms with E-state index in [-0.39, 0.29) is 11.2 Å². The van der Waals surface area contributed by atoms with E-state index in [9.17, 15) is 4.79 Å². The van der Waals surface area contributed by atoms with Gasteiger partial charge in [-0.2, -0.15) is 0 Å². The lowest BCUT2D eigenvalue weighted by Gasteiger charge is -2.06. The van der Waals surface area contributed by atoms with Gasteiger partial charge in [-0.15, -0.1) is 11.8 Å². The number of unbranched alkanes of at least 4 members (excludes halogenated alkanes) is 5. The number of amides is 1. The second kappa shape index (κ2) is 9.38. The van der Waals surface area contributed by atoms with E-state index in [4.69, 9.17) is 5.73 Å². The van der Waals surface area contributed by atoms with Crippen LogP contribution in [-0.2, 0) is 4.79 Å². The highest BCUT2D eigenvalue weighted by Gasteiger charge is 2.07. The summed E-state index contributed by atoms with van der Waals surface area (Å²) >= 11 is 1.67. The molecule has 84 valence electrons. The second-order valence-electron chi connectivity index (χ2n) is 3.68. The Hall–Kier alpha value is -0.180. The van der Waals surface area contributed by atoms with Gasteiger partial charge in [0.2, 0.25) is 5.91 Å². The van der Waals surface area contributed by atoms with E-state index >= 15 is 0 Å². The Morgan fingerprint density at radius 2 is 1.79 bits per heavy atom. The smallest absolute Gasteiger partial charge is 0.230 e. The summed E-state index contributed by atoms with van der Waals surface area (Å²) in [6.45, 7) is 4.11. The van der Waals surface area contributed by atoms with Crippen LogP contribution in [0.25, 0.3) is 0 Å². The summed E-state index contributed by atoms with van der Waals surface area (Å²) in [6, 6.07) is 0. The molecule has 0 heterocycles. The zero-order chi connectivity index (χ0) is 10.8. The predicted molar refractivity (Wildman–Crippen MR) is 64.5 cm³/mol. The molecule has 0 saturated carbocycles. The van der Waals surface area contributed by atoms with E-state index in [1.807, 2.05) is 6.92 Å². The molecule has 0 radical (unpaired) electrons. The fourth-order valence-electron chi connectivity index (χ4n) is 1.22. The molecule has 0 fully saturated rings. The van der Waals surface area contributed by atoms with Crippen molar-refractivity contribution in [3.8, 4) is 0 Å². The molecule has 14 heavy (non-hydrogen) atoms. The SMILES string of the molecule is CCCCCCCCS[C@H](C)C(N)=O. The van der Waals surface area contributed by atoms with Gasteiger partial charge in [0.15, 0.2) is 0 Å². The van der Waals surface area contributed by atoms with Gasteiger partial charge >= 0.3 is 0 Å². The number of nitrogens with two attached hydrogens (primary N) is 1. The quantitative estimate of drug-likeness (QED) is 0.603. The first kappa shape index (κ1) is 13.8. The maximum atomic E-state index is 10.7. The Kier molecular flexibility index (Phi) is 9.26. The number of hydrogen-bond donors (Lipinski definition) is 1. The van der Waals surface area contributed by atoms with Crippen molar-refractivity contribution >= 4 is 17.7 Å². The molecule has 3 heteroatoms. The molecular weight excluding hydrogens is 194 g/mol. The highest BCUT2D eigenvalue weighted by atomic mass is 32.2. The van der Waals surface area contributed by atoms with Crippen molar-refractivity contribution in [3.05, 3.63) is 0 Å². The lowest BCUT2D eigenvalue weighted by atomic mass is 10.1. The lowest BCUT2D eigenvalue weighted by Crippen LogP contribution is -2.22. The predicted octanol–water partition coefficient (Wildman–Crippen LogP) is 2.95. The van der Waals surface area contributed by atoms with Crippen molar-refractivity contribution in [1.29, 1.82) is 0 Å². The van der Waals surface area contributed by atoms with Crippen LogP contribution in [0.2, 0.25) is 0 Å². The van der Waals surface area contributed by atoms with Crippen LogP contribution in [0, 0.1) is 0 Å². The molecule has 2 nitrogen and oxygen atoms in total. The molecule has 0 bridgehead atoms. The topological polar surface area (TPSA) is 43.1 Å². The highest BCUT2D eigenvalue weighted by molar-refractivity contribution is 8.00. The number of carbonyl (C=O) groups is 1. The standard InChI is InChI=1S/C11H23NOS/c1-3-4-5-6-7-8-9-14-10(2)11(12)13/h10H,3-9H2,1-2H3,(H2,12,13)/t10-/m1/s1. The van der Waals surface area contributed by atoms with E-state index in [1.165, 1.54) is 38.5 Å². The molecule has 0 saturated heterocycles.